The Morgan fingerprint density at radius 2 is 2.21 bits per heavy atom. The van der Waals surface area contributed by atoms with Crippen molar-refractivity contribution in [3.63, 3.8) is 0 Å². The lowest BCUT2D eigenvalue weighted by Crippen LogP contribution is -2.41. The molecule has 1 saturated carbocycles. The fourth-order valence-electron chi connectivity index (χ4n) is 4.81. The van der Waals surface area contributed by atoms with Crippen LogP contribution in [0.3, 0.4) is 0 Å². The first-order valence-corrected chi connectivity index (χ1v) is 10.2. The van der Waals surface area contributed by atoms with Crippen LogP contribution in [0.25, 0.3) is 11.0 Å². The van der Waals surface area contributed by atoms with Crippen molar-refractivity contribution >= 4 is 17.1 Å². The molecule has 1 saturated heterocycles. The molecular weight excluding hydrogens is 371 g/mol. The smallest absolute Gasteiger partial charge is 0.410 e. The van der Waals surface area contributed by atoms with E-state index in [0.29, 0.717) is 31.1 Å². The van der Waals surface area contributed by atoms with Crippen molar-refractivity contribution in [3.05, 3.63) is 29.8 Å². The van der Waals surface area contributed by atoms with Crippen molar-refractivity contribution in [2.45, 2.75) is 58.6 Å². The number of rotatable bonds is 3. The molecule has 0 radical (unpaired) electrons. The Bertz CT molecular complexity index is 987. The number of carbonyl (C=O) groups excluding carboxylic acids is 1. The summed E-state index contributed by atoms with van der Waals surface area (Å²) in [7, 11) is 0. The number of hydrogen-bond acceptors (Lipinski definition) is 4. The van der Waals surface area contributed by atoms with Gasteiger partial charge >= 0.3 is 6.09 Å². The minimum atomic E-state index is -0.543. The van der Waals surface area contributed by atoms with Gasteiger partial charge in [0, 0.05) is 19.2 Å². The monoisotopic (exact) mass is 398 g/mol. The molecule has 29 heavy (non-hydrogen) atoms. The normalized spacial score (nSPS) is 24.9. The SMILES string of the molecule is CC(C)(C)CN1C[C@@]2(CCCC(Cn3cnc4cc(F)c(C#N)cc43)C2)OC1=O. The Morgan fingerprint density at radius 3 is 2.93 bits per heavy atom. The highest BCUT2D eigenvalue weighted by Gasteiger charge is 2.48. The molecule has 1 aliphatic carbocycles. The van der Waals surface area contributed by atoms with Crippen LogP contribution in [0.4, 0.5) is 9.18 Å². The summed E-state index contributed by atoms with van der Waals surface area (Å²) in [6, 6.07) is 4.78. The fraction of sp³-hybridized carbons (Fsp3) is 0.591. The van der Waals surface area contributed by atoms with Gasteiger partial charge in [0.2, 0.25) is 0 Å². The Morgan fingerprint density at radius 1 is 1.41 bits per heavy atom. The van der Waals surface area contributed by atoms with Gasteiger partial charge in [0.25, 0.3) is 0 Å². The molecule has 2 aliphatic rings. The topological polar surface area (TPSA) is 71.2 Å². The maximum Gasteiger partial charge on any atom is 0.410 e. The molecule has 1 aromatic heterocycles. The number of fused-ring (bicyclic) bond motifs is 1. The molecule has 2 fully saturated rings. The minimum Gasteiger partial charge on any atom is -0.441 e. The summed E-state index contributed by atoms with van der Waals surface area (Å²) in [4.78, 5) is 18.6. The van der Waals surface area contributed by atoms with E-state index in [9.17, 15) is 9.18 Å². The van der Waals surface area contributed by atoms with Gasteiger partial charge in [-0.15, -0.1) is 0 Å². The number of ether oxygens (including phenoxy) is 1. The first kappa shape index (κ1) is 19.7. The van der Waals surface area contributed by atoms with Gasteiger partial charge in [-0.1, -0.05) is 20.8 Å². The first-order valence-electron chi connectivity index (χ1n) is 10.2. The maximum atomic E-state index is 13.9. The molecule has 1 aromatic carbocycles. The molecule has 6 nitrogen and oxygen atoms in total. The van der Waals surface area contributed by atoms with Crippen LogP contribution in [0.2, 0.25) is 0 Å². The van der Waals surface area contributed by atoms with E-state index < -0.39 is 11.4 Å². The van der Waals surface area contributed by atoms with Crippen molar-refractivity contribution in [1.82, 2.24) is 14.5 Å². The quantitative estimate of drug-likeness (QED) is 0.765. The molecule has 1 amide bonds. The van der Waals surface area contributed by atoms with Crippen LogP contribution < -0.4 is 0 Å². The second-order valence-electron chi connectivity index (χ2n) is 9.76. The summed E-state index contributed by atoms with van der Waals surface area (Å²) in [5.74, 6) is -0.210. The molecule has 2 heterocycles. The average molecular weight is 398 g/mol. The van der Waals surface area contributed by atoms with Gasteiger partial charge in [-0.2, -0.15) is 5.26 Å². The molecular formula is C22H27FN4O2. The van der Waals surface area contributed by atoms with E-state index >= 15 is 0 Å². The Hall–Kier alpha value is -2.62. The molecule has 0 bridgehead atoms. The third-order valence-electron chi connectivity index (χ3n) is 5.90. The molecule has 1 spiro atoms. The van der Waals surface area contributed by atoms with E-state index in [0.717, 1.165) is 31.2 Å². The third kappa shape index (κ3) is 3.93. The van der Waals surface area contributed by atoms with Crippen molar-refractivity contribution in [3.8, 4) is 6.07 Å². The summed E-state index contributed by atoms with van der Waals surface area (Å²) in [6.07, 6.45) is 5.26. The molecule has 7 heteroatoms. The summed E-state index contributed by atoms with van der Waals surface area (Å²) in [6.45, 7) is 8.42. The molecule has 1 unspecified atom stereocenters. The number of hydrogen-bond donors (Lipinski definition) is 0. The molecule has 2 atom stereocenters. The first-order chi connectivity index (χ1) is 13.7. The van der Waals surface area contributed by atoms with Gasteiger partial charge in [-0.05, 0) is 43.1 Å². The van der Waals surface area contributed by atoms with Crippen LogP contribution in [0.1, 0.15) is 52.0 Å². The van der Waals surface area contributed by atoms with Crippen LogP contribution >= 0.6 is 0 Å². The van der Waals surface area contributed by atoms with Crippen LogP contribution in [-0.4, -0.2) is 39.2 Å². The number of nitriles is 1. The van der Waals surface area contributed by atoms with Crippen molar-refractivity contribution in [2.24, 2.45) is 11.3 Å². The average Bonchev–Trinajstić information content (AvgIpc) is 3.13. The lowest BCUT2D eigenvalue weighted by Gasteiger charge is -2.36. The van der Waals surface area contributed by atoms with Gasteiger partial charge in [0.1, 0.15) is 17.5 Å². The predicted octanol–water partition coefficient (Wildman–Crippen LogP) is 4.47. The van der Waals surface area contributed by atoms with Crippen LogP contribution in [0.15, 0.2) is 18.5 Å². The Kier molecular flexibility index (Phi) is 4.76. The van der Waals surface area contributed by atoms with E-state index in [4.69, 9.17) is 10.00 Å². The summed E-state index contributed by atoms with van der Waals surface area (Å²) in [5, 5.41) is 9.12. The maximum absolute atomic E-state index is 13.9. The molecule has 4 rings (SSSR count). The lowest BCUT2D eigenvalue weighted by molar-refractivity contribution is 0.00413. The van der Waals surface area contributed by atoms with Crippen LogP contribution in [0.5, 0.6) is 0 Å². The highest BCUT2D eigenvalue weighted by atomic mass is 19.1. The highest BCUT2D eigenvalue weighted by molar-refractivity contribution is 5.77. The predicted molar refractivity (Wildman–Crippen MR) is 107 cm³/mol. The lowest BCUT2D eigenvalue weighted by atomic mass is 9.77. The van der Waals surface area contributed by atoms with E-state index in [1.54, 1.807) is 12.4 Å². The number of aromatic nitrogens is 2. The van der Waals surface area contributed by atoms with Crippen LogP contribution in [0, 0.1) is 28.5 Å². The zero-order valence-corrected chi connectivity index (χ0v) is 17.2. The Labute approximate surface area is 170 Å². The molecule has 2 aromatic rings. The van der Waals surface area contributed by atoms with Gasteiger partial charge in [-0.3, -0.25) is 0 Å². The number of imidazole rings is 1. The van der Waals surface area contributed by atoms with E-state index in [1.807, 2.05) is 15.5 Å². The van der Waals surface area contributed by atoms with E-state index in [2.05, 4.69) is 25.8 Å². The van der Waals surface area contributed by atoms with E-state index in [1.165, 1.54) is 6.07 Å². The second-order valence-corrected chi connectivity index (χ2v) is 9.76. The molecule has 0 N–H and O–H groups in total. The molecule has 154 valence electrons. The van der Waals surface area contributed by atoms with Crippen LogP contribution in [-0.2, 0) is 11.3 Å². The zero-order chi connectivity index (χ0) is 20.8. The van der Waals surface area contributed by atoms with Crippen molar-refractivity contribution < 1.29 is 13.9 Å². The Balaban J connectivity index is 1.51. The number of nitrogens with zero attached hydrogens (tertiary/aromatic N) is 4. The minimum absolute atomic E-state index is 0.0295. The van der Waals surface area contributed by atoms with Gasteiger partial charge in [-0.25, -0.2) is 14.2 Å². The number of carbonyl (C=O) groups is 1. The number of halogens is 1. The largest absolute Gasteiger partial charge is 0.441 e. The fourth-order valence-corrected chi connectivity index (χ4v) is 4.81. The molecule has 1 aliphatic heterocycles. The van der Waals surface area contributed by atoms with E-state index in [-0.39, 0.29) is 17.1 Å². The van der Waals surface area contributed by atoms with Gasteiger partial charge in [0.05, 0.1) is 29.5 Å². The summed E-state index contributed by atoms with van der Waals surface area (Å²) < 4.78 is 21.7. The summed E-state index contributed by atoms with van der Waals surface area (Å²) in [5.41, 5.74) is 0.964. The number of benzene rings is 1. The third-order valence-corrected chi connectivity index (χ3v) is 5.90. The van der Waals surface area contributed by atoms with Gasteiger partial charge in [0.15, 0.2) is 0 Å². The van der Waals surface area contributed by atoms with Crippen molar-refractivity contribution in [1.29, 1.82) is 5.26 Å². The second kappa shape index (κ2) is 7.01. The van der Waals surface area contributed by atoms with Crippen molar-refractivity contribution in [2.75, 3.05) is 13.1 Å². The number of amides is 1. The standard InChI is InChI=1S/C22H27FN4O2/c1-21(2,3)12-27-13-22(29-20(27)28)6-4-5-15(9-22)11-26-14-25-18-8-17(23)16(10-24)7-19(18)26/h7-8,14-15H,4-6,9,11-13H2,1-3H3/t15?,22-/m0/s1. The highest BCUT2D eigenvalue weighted by Crippen LogP contribution is 2.41. The summed E-state index contributed by atoms with van der Waals surface area (Å²) >= 11 is 0. The zero-order valence-electron chi connectivity index (χ0n) is 17.2. The van der Waals surface area contributed by atoms with Gasteiger partial charge < -0.3 is 14.2 Å².